The van der Waals surface area contributed by atoms with E-state index in [0.29, 0.717) is 23.9 Å². The monoisotopic (exact) mass is 254 g/mol. The van der Waals surface area contributed by atoms with E-state index in [4.69, 9.17) is 4.84 Å². The van der Waals surface area contributed by atoms with Crippen LogP contribution in [0.15, 0.2) is 11.6 Å². The summed E-state index contributed by atoms with van der Waals surface area (Å²) < 4.78 is 1.48. The third kappa shape index (κ3) is 1.65. The van der Waals surface area contributed by atoms with Crippen LogP contribution >= 0.6 is 11.3 Å². The summed E-state index contributed by atoms with van der Waals surface area (Å²) in [6.07, 6.45) is 3.59. The van der Waals surface area contributed by atoms with Gasteiger partial charge in [0.1, 0.15) is 6.20 Å². The van der Waals surface area contributed by atoms with Crippen molar-refractivity contribution in [3.8, 4) is 0 Å². The molecule has 0 atom stereocenters. The Labute approximate surface area is 100 Å². The Bertz CT molecular complexity index is 558. The quantitative estimate of drug-likeness (QED) is 0.604. The first-order valence-corrected chi connectivity index (χ1v) is 6.16. The van der Waals surface area contributed by atoms with Crippen LogP contribution in [-0.2, 0) is 4.84 Å². The van der Waals surface area contributed by atoms with E-state index in [2.05, 4.69) is 4.98 Å². The molecule has 1 fully saturated rings. The molecule has 0 spiro atoms. The smallest absolute Gasteiger partial charge is 0.358 e. The number of imidazole rings is 1. The van der Waals surface area contributed by atoms with E-state index in [1.165, 1.54) is 20.8 Å². The number of thiazole rings is 1. The first-order chi connectivity index (χ1) is 8.27. The number of fused-ring (bicyclic) bond motifs is 1. The zero-order valence-electron chi connectivity index (χ0n) is 8.90. The van der Waals surface area contributed by atoms with Crippen molar-refractivity contribution in [2.75, 3.05) is 18.2 Å². The molecule has 0 amide bonds. The summed E-state index contributed by atoms with van der Waals surface area (Å²) in [5, 5.41) is 14.4. The molecule has 2 aromatic rings. The van der Waals surface area contributed by atoms with Gasteiger partial charge in [0.25, 0.3) is 10.8 Å². The lowest BCUT2D eigenvalue weighted by Crippen LogP contribution is -2.30. The Hall–Kier alpha value is -1.67. The van der Waals surface area contributed by atoms with E-state index in [1.807, 2.05) is 0 Å². The van der Waals surface area contributed by atoms with Crippen LogP contribution in [0.4, 0.5) is 11.6 Å². The fourth-order valence-corrected chi connectivity index (χ4v) is 2.57. The van der Waals surface area contributed by atoms with Gasteiger partial charge in [-0.2, -0.15) is 9.38 Å². The summed E-state index contributed by atoms with van der Waals surface area (Å²) in [5.41, 5.74) is 0. The lowest BCUT2D eigenvalue weighted by atomic mass is 10.3. The number of nitro groups is 1. The number of hydrogen-bond donors (Lipinski definition) is 0. The average molecular weight is 254 g/mol. The summed E-state index contributed by atoms with van der Waals surface area (Å²) in [7, 11) is 0. The molecule has 0 saturated carbocycles. The van der Waals surface area contributed by atoms with Gasteiger partial charge < -0.3 is 10.1 Å². The maximum atomic E-state index is 11.1. The van der Waals surface area contributed by atoms with Gasteiger partial charge >= 0.3 is 5.82 Å². The highest BCUT2D eigenvalue weighted by atomic mass is 32.1. The maximum absolute atomic E-state index is 11.1. The third-order valence-electron chi connectivity index (χ3n) is 2.63. The second-order valence-corrected chi connectivity index (χ2v) is 4.59. The topological polar surface area (TPSA) is 72.9 Å². The van der Waals surface area contributed by atoms with Crippen molar-refractivity contribution >= 4 is 27.9 Å². The molecule has 1 aliphatic heterocycles. The minimum atomic E-state index is -0.417. The first-order valence-electron chi connectivity index (χ1n) is 5.28. The minimum absolute atomic E-state index is 0.0249. The SMILES string of the molecule is O=[N+]([O-])c1c(N2CCCCO2)nc2sccn12. The van der Waals surface area contributed by atoms with Gasteiger partial charge in [-0.25, -0.2) is 5.06 Å². The number of rotatable bonds is 2. The van der Waals surface area contributed by atoms with Crippen LogP contribution in [0.3, 0.4) is 0 Å². The van der Waals surface area contributed by atoms with Crippen LogP contribution < -0.4 is 5.06 Å². The van der Waals surface area contributed by atoms with E-state index in [1.54, 1.807) is 11.6 Å². The molecule has 1 saturated heterocycles. The average Bonchev–Trinajstić information content (AvgIpc) is 2.88. The zero-order chi connectivity index (χ0) is 11.8. The van der Waals surface area contributed by atoms with Gasteiger partial charge in [-0.15, -0.1) is 0 Å². The summed E-state index contributed by atoms with van der Waals surface area (Å²) in [4.78, 5) is 21.0. The Morgan fingerprint density at radius 2 is 2.41 bits per heavy atom. The van der Waals surface area contributed by atoms with Gasteiger partial charge in [0.2, 0.25) is 0 Å². The molecular formula is C9H10N4O3S. The highest BCUT2D eigenvalue weighted by Crippen LogP contribution is 2.32. The van der Waals surface area contributed by atoms with Crippen LogP contribution in [0.5, 0.6) is 0 Å². The second-order valence-electron chi connectivity index (χ2n) is 3.71. The Balaban J connectivity index is 2.10. The minimum Gasteiger partial charge on any atom is -0.358 e. The second kappa shape index (κ2) is 3.97. The number of nitrogens with zero attached hydrogens (tertiary/aromatic N) is 4. The molecular weight excluding hydrogens is 244 g/mol. The number of hydrogen-bond acceptors (Lipinski definition) is 6. The zero-order valence-corrected chi connectivity index (χ0v) is 9.72. The predicted molar refractivity (Wildman–Crippen MR) is 62.3 cm³/mol. The normalized spacial score (nSPS) is 16.6. The van der Waals surface area contributed by atoms with Crippen molar-refractivity contribution in [1.82, 2.24) is 9.38 Å². The fourth-order valence-electron chi connectivity index (χ4n) is 1.86. The molecule has 0 unspecified atom stereocenters. The molecule has 7 nitrogen and oxygen atoms in total. The maximum Gasteiger partial charge on any atom is 0.375 e. The molecule has 0 aromatic carbocycles. The predicted octanol–water partition coefficient (Wildman–Crippen LogP) is 1.84. The molecule has 0 aliphatic carbocycles. The summed E-state index contributed by atoms with van der Waals surface area (Å²) in [6, 6.07) is 0. The molecule has 2 aromatic heterocycles. The highest BCUT2D eigenvalue weighted by Gasteiger charge is 2.29. The van der Waals surface area contributed by atoms with Gasteiger partial charge in [0, 0.05) is 11.9 Å². The van der Waals surface area contributed by atoms with Crippen LogP contribution in [0.2, 0.25) is 0 Å². The molecule has 0 radical (unpaired) electrons. The van der Waals surface area contributed by atoms with E-state index >= 15 is 0 Å². The van der Waals surface area contributed by atoms with Crippen molar-refractivity contribution in [3.63, 3.8) is 0 Å². The van der Waals surface area contributed by atoms with E-state index in [9.17, 15) is 10.1 Å². The molecule has 3 rings (SSSR count). The summed E-state index contributed by atoms with van der Waals surface area (Å²) in [6.45, 7) is 1.23. The molecule has 8 heteroatoms. The van der Waals surface area contributed by atoms with E-state index in [-0.39, 0.29) is 5.82 Å². The molecule has 90 valence electrons. The van der Waals surface area contributed by atoms with Crippen molar-refractivity contribution < 1.29 is 9.76 Å². The fraction of sp³-hybridized carbons (Fsp3) is 0.444. The largest absolute Gasteiger partial charge is 0.375 e. The molecule has 3 heterocycles. The van der Waals surface area contributed by atoms with Crippen LogP contribution in [0.1, 0.15) is 12.8 Å². The molecule has 17 heavy (non-hydrogen) atoms. The summed E-state index contributed by atoms with van der Waals surface area (Å²) in [5.74, 6) is 0.282. The Kier molecular flexibility index (Phi) is 2.45. The van der Waals surface area contributed by atoms with E-state index in [0.717, 1.165) is 12.8 Å². The lowest BCUT2D eigenvalue weighted by molar-refractivity contribution is -0.389. The van der Waals surface area contributed by atoms with Crippen LogP contribution in [0, 0.1) is 10.1 Å². The molecule has 1 aliphatic rings. The Morgan fingerprint density at radius 1 is 1.53 bits per heavy atom. The first kappa shape index (κ1) is 10.5. The number of aromatic nitrogens is 2. The van der Waals surface area contributed by atoms with Gasteiger partial charge in [0.15, 0.2) is 0 Å². The summed E-state index contributed by atoms with van der Waals surface area (Å²) >= 11 is 1.37. The van der Waals surface area contributed by atoms with Gasteiger partial charge in [-0.3, -0.25) is 4.84 Å². The van der Waals surface area contributed by atoms with Crippen LogP contribution in [0.25, 0.3) is 4.96 Å². The van der Waals surface area contributed by atoms with Crippen molar-refractivity contribution in [1.29, 1.82) is 0 Å². The van der Waals surface area contributed by atoms with Gasteiger partial charge in [-0.05, 0) is 17.8 Å². The van der Waals surface area contributed by atoms with Gasteiger partial charge in [0.05, 0.1) is 6.61 Å². The highest BCUT2D eigenvalue weighted by molar-refractivity contribution is 7.15. The van der Waals surface area contributed by atoms with Crippen molar-refractivity contribution in [3.05, 3.63) is 21.7 Å². The third-order valence-corrected chi connectivity index (χ3v) is 3.39. The standard InChI is InChI=1S/C9H10N4O3S/c14-13(15)8-7(12-3-1-2-5-16-12)10-9-11(8)4-6-17-9/h4,6H,1-3,5H2. The molecule has 0 bridgehead atoms. The molecule has 0 N–H and O–H groups in total. The van der Waals surface area contributed by atoms with Gasteiger partial charge in [-0.1, -0.05) is 11.3 Å². The van der Waals surface area contributed by atoms with Crippen LogP contribution in [-0.4, -0.2) is 27.5 Å². The van der Waals surface area contributed by atoms with Crippen molar-refractivity contribution in [2.45, 2.75) is 12.8 Å². The Morgan fingerprint density at radius 3 is 3.12 bits per heavy atom. The number of anilines is 1. The van der Waals surface area contributed by atoms with Crippen molar-refractivity contribution in [2.24, 2.45) is 0 Å². The van der Waals surface area contributed by atoms with E-state index < -0.39 is 4.92 Å². The lowest BCUT2D eigenvalue weighted by Gasteiger charge is -2.24. The number of hydroxylamine groups is 1.